The van der Waals surface area contributed by atoms with Crippen molar-refractivity contribution < 1.29 is 19.1 Å². The summed E-state index contributed by atoms with van der Waals surface area (Å²) < 4.78 is 5.97. The number of halogens is 1. The average molecular weight is 507 g/mol. The molecule has 2 heterocycles. The number of amides is 2. The first-order valence-electron chi connectivity index (χ1n) is 11.2. The smallest absolute Gasteiger partial charge is 0.330 e. The van der Waals surface area contributed by atoms with E-state index in [4.69, 9.17) is 16.3 Å². The molecular weight excluding hydrogens is 484 g/mol. The van der Waals surface area contributed by atoms with Crippen LogP contribution in [0.5, 0.6) is 0 Å². The maximum absolute atomic E-state index is 13.3. The van der Waals surface area contributed by atoms with Gasteiger partial charge in [-0.15, -0.1) is 23.4 Å². The summed E-state index contributed by atoms with van der Waals surface area (Å²) in [4.78, 5) is 38.8. The standard InChI is InChI=1S/C27H23ClN2O4S/c28-27(26(33)34-22(18-10-4-1-5-11-18)19-12-6-2-7-13-19)16-30-24(32)21(25(30)35-17-27)29-23(31)20-14-8-3-9-15-20/h1-15,21-22,25H,16-17H2,(H,29,31)/t21?,25-,27?/m1/s1. The number of carbonyl (C=O) groups is 3. The van der Waals surface area contributed by atoms with Crippen LogP contribution in [0.1, 0.15) is 27.6 Å². The zero-order valence-corrected chi connectivity index (χ0v) is 20.2. The predicted molar refractivity (Wildman–Crippen MR) is 135 cm³/mol. The molecule has 2 fully saturated rings. The van der Waals surface area contributed by atoms with E-state index in [1.54, 1.807) is 29.2 Å². The highest BCUT2D eigenvalue weighted by Gasteiger charge is 2.57. The summed E-state index contributed by atoms with van der Waals surface area (Å²) in [6, 6.07) is 27.1. The first-order valence-corrected chi connectivity index (χ1v) is 12.7. The van der Waals surface area contributed by atoms with Crippen molar-refractivity contribution in [2.45, 2.75) is 22.4 Å². The molecule has 2 unspecified atom stereocenters. The predicted octanol–water partition coefficient (Wildman–Crippen LogP) is 4.01. The molecule has 2 aliphatic rings. The molecule has 1 N–H and O–H groups in total. The lowest BCUT2D eigenvalue weighted by atomic mass is 10.00. The number of alkyl halides is 1. The van der Waals surface area contributed by atoms with E-state index in [-0.39, 0.29) is 29.5 Å². The lowest BCUT2D eigenvalue weighted by Gasteiger charge is -2.52. The Morgan fingerprint density at radius 1 is 0.943 bits per heavy atom. The van der Waals surface area contributed by atoms with Crippen LogP contribution in [-0.2, 0) is 14.3 Å². The summed E-state index contributed by atoms with van der Waals surface area (Å²) in [5.74, 6) is -0.880. The summed E-state index contributed by atoms with van der Waals surface area (Å²) in [6.07, 6.45) is -0.617. The number of benzene rings is 3. The molecule has 5 rings (SSSR count). The number of thioether (sulfide) groups is 1. The van der Waals surface area contributed by atoms with Gasteiger partial charge in [0.15, 0.2) is 11.0 Å². The van der Waals surface area contributed by atoms with E-state index in [0.717, 1.165) is 11.1 Å². The van der Waals surface area contributed by atoms with Crippen molar-refractivity contribution in [3.63, 3.8) is 0 Å². The molecule has 178 valence electrons. The van der Waals surface area contributed by atoms with Crippen molar-refractivity contribution in [3.05, 3.63) is 108 Å². The minimum atomic E-state index is -1.38. The van der Waals surface area contributed by atoms with Crippen molar-refractivity contribution in [1.82, 2.24) is 10.2 Å². The number of β-lactam (4-membered cyclic amide) rings is 1. The Kier molecular flexibility index (Phi) is 6.54. The fourth-order valence-corrected chi connectivity index (χ4v) is 6.02. The number of nitrogens with zero attached hydrogens (tertiary/aromatic N) is 1. The van der Waals surface area contributed by atoms with E-state index in [0.29, 0.717) is 5.56 Å². The summed E-state index contributed by atoms with van der Waals surface area (Å²) in [7, 11) is 0. The van der Waals surface area contributed by atoms with Crippen LogP contribution in [0.15, 0.2) is 91.0 Å². The fraction of sp³-hybridized carbons (Fsp3) is 0.222. The summed E-state index contributed by atoms with van der Waals surface area (Å²) in [6.45, 7) is 0.0257. The van der Waals surface area contributed by atoms with E-state index in [9.17, 15) is 14.4 Å². The number of hydrogen-bond donors (Lipinski definition) is 1. The molecule has 2 amide bonds. The number of esters is 1. The van der Waals surface area contributed by atoms with Gasteiger partial charge in [0, 0.05) is 11.3 Å². The second-order valence-corrected chi connectivity index (χ2v) is 10.4. The fourth-order valence-electron chi connectivity index (χ4n) is 4.28. The highest BCUT2D eigenvalue weighted by atomic mass is 35.5. The number of nitrogens with one attached hydrogen (secondary N) is 1. The van der Waals surface area contributed by atoms with Crippen molar-refractivity contribution in [1.29, 1.82) is 0 Å². The third kappa shape index (κ3) is 4.66. The van der Waals surface area contributed by atoms with E-state index in [1.165, 1.54) is 11.8 Å². The van der Waals surface area contributed by atoms with E-state index in [2.05, 4.69) is 5.32 Å². The molecule has 8 heteroatoms. The van der Waals surface area contributed by atoms with E-state index < -0.39 is 23.0 Å². The molecule has 0 aliphatic carbocycles. The molecule has 0 radical (unpaired) electrons. The molecular formula is C27H23ClN2O4S. The normalized spacial score (nSPS) is 23.3. The van der Waals surface area contributed by atoms with Gasteiger partial charge in [0.05, 0.1) is 6.54 Å². The van der Waals surface area contributed by atoms with Crippen LogP contribution >= 0.6 is 23.4 Å². The summed E-state index contributed by atoms with van der Waals surface area (Å²) in [5, 5.41) is 2.53. The van der Waals surface area contributed by atoms with E-state index >= 15 is 0 Å². The lowest BCUT2D eigenvalue weighted by molar-refractivity contribution is -0.155. The minimum absolute atomic E-state index is 0.0257. The van der Waals surface area contributed by atoms with E-state index in [1.807, 2.05) is 66.7 Å². The molecule has 0 bridgehead atoms. The molecule has 2 aliphatic heterocycles. The van der Waals surface area contributed by atoms with Gasteiger partial charge in [-0.3, -0.25) is 14.4 Å². The molecule has 6 nitrogen and oxygen atoms in total. The van der Waals surface area contributed by atoms with Gasteiger partial charge >= 0.3 is 5.97 Å². The van der Waals surface area contributed by atoms with Gasteiger partial charge < -0.3 is 15.0 Å². The monoisotopic (exact) mass is 506 g/mol. The zero-order chi connectivity index (χ0) is 24.4. The van der Waals surface area contributed by atoms with Gasteiger partial charge in [-0.25, -0.2) is 0 Å². The molecule has 3 aromatic rings. The van der Waals surface area contributed by atoms with Crippen LogP contribution in [0.25, 0.3) is 0 Å². The van der Waals surface area contributed by atoms with Crippen LogP contribution in [0.2, 0.25) is 0 Å². The third-order valence-corrected chi connectivity index (χ3v) is 8.26. The third-order valence-electron chi connectivity index (χ3n) is 6.16. The lowest BCUT2D eigenvalue weighted by Crippen LogP contribution is -2.74. The van der Waals surface area contributed by atoms with Crippen molar-refractivity contribution in [3.8, 4) is 0 Å². The van der Waals surface area contributed by atoms with Crippen LogP contribution in [0.4, 0.5) is 0 Å². The van der Waals surface area contributed by atoms with Gasteiger partial charge in [-0.2, -0.15) is 0 Å². The second-order valence-electron chi connectivity index (χ2n) is 8.56. The van der Waals surface area contributed by atoms with Crippen LogP contribution < -0.4 is 5.32 Å². The maximum Gasteiger partial charge on any atom is 0.330 e. The van der Waals surface area contributed by atoms with Crippen molar-refractivity contribution in [2.24, 2.45) is 0 Å². The molecule has 3 atom stereocenters. The Labute approximate surface area is 212 Å². The molecule has 0 saturated carbocycles. The Morgan fingerprint density at radius 3 is 2.06 bits per heavy atom. The number of hydrogen-bond acceptors (Lipinski definition) is 5. The number of carbonyl (C=O) groups excluding carboxylic acids is 3. The quantitative estimate of drug-likeness (QED) is 0.310. The minimum Gasteiger partial charge on any atom is -0.451 e. The van der Waals surface area contributed by atoms with Gasteiger partial charge in [0.1, 0.15) is 11.4 Å². The molecule has 3 aromatic carbocycles. The molecule has 0 aromatic heterocycles. The Hall–Kier alpha value is -3.29. The highest BCUT2D eigenvalue weighted by molar-refractivity contribution is 8.00. The average Bonchev–Trinajstić information content (AvgIpc) is 2.91. The van der Waals surface area contributed by atoms with Crippen molar-refractivity contribution in [2.75, 3.05) is 12.3 Å². The first-order chi connectivity index (χ1) is 17.0. The Bertz CT molecular complexity index is 1190. The SMILES string of the molecule is O=C(NC1C(=O)N2CC(Cl)(C(=O)OC(c3ccccc3)c3ccccc3)CS[C@H]12)c1ccccc1. The van der Waals surface area contributed by atoms with Crippen LogP contribution in [0, 0.1) is 0 Å². The Morgan fingerprint density at radius 2 is 1.49 bits per heavy atom. The number of rotatable bonds is 6. The summed E-state index contributed by atoms with van der Waals surface area (Å²) in [5.41, 5.74) is 2.15. The van der Waals surface area contributed by atoms with Gasteiger partial charge in [-0.05, 0) is 23.3 Å². The molecule has 35 heavy (non-hydrogen) atoms. The molecule has 0 spiro atoms. The first kappa shape index (κ1) is 23.5. The topological polar surface area (TPSA) is 75.7 Å². The highest BCUT2D eigenvalue weighted by Crippen LogP contribution is 2.42. The van der Waals surface area contributed by atoms with Gasteiger partial charge in [0.2, 0.25) is 5.91 Å². The zero-order valence-electron chi connectivity index (χ0n) is 18.7. The largest absolute Gasteiger partial charge is 0.451 e. The molecule has 2 saturated heterocycles. The van der Waals surface area contributed by atoms with Crippen LogP contribution in [0.3, 0.4) is 0 Å². The maximum atomic E-state index is 13.3. The van der Waals surface area contributed by atoms with Gasteiger partial charge in [-0.1, -0.05) is 78.9 Å². The number of fused-ring (bicyclic) bond motifs is 1. The number of ether oxygens (including phenoxy) is 1. The van der Waals surface area contributed by atoms with Crippen LogP contribution in [-0.4, -0.2) is 51.3 Å². The summed E-state index contributed by atoms with van der Waals surface area (Å²) >= 11 is 8.15. The van der Waals surface area contributed by atoms with Crippen molar-refractivity contribution >= 4 is 41.1 Å². The van der Waals surface area contributed by atoms with Gasteiger partial charge in [0.25, 0.3) is 5.91 Å². The second kappa shape index (κ2) is 9.76. The Balaban J connectivity index is 1.27.